The highest BCUT2D eigenvalue weighted by Gasteiger charge is 2.24. The van der Waals surface area contributed by atoms with Crippen molar-refractivity contribution < 1.29 is 9.53 Å². The third-order valence-corrected chi connectivity index (χ3v) is 3.06. The lowest BCUT2D eigenvalue weighted by atomic mass is 10.0. The first-order valence-electron chi connectivity index (χ1n) is 5.83. The zero-order chi connectivity index (χ0) is 13.9. The molecule has 0 radical (unpaired) electrons. The van der Waals surface area contributed by atoms with Crippen LogP contribution in [0, 0.1) is 13.8 Å². The van der Waals surface area contributed by atoms with Gasteiger partial charge in [0.2, 0.25) is 5.91 Å². The number of carbonyl (C=O) groups excluding carboxylic acids is 1. The monoisotopic (exact) mass is 251 g/mol. The molecule has 1 rings (SSSR count). The Labute approximate surface area is 108 Å². The van der Waals surface area contributed by atoms with Crippen LogP contribution < -0.4 is 15.8 Å². The molecule has 1 aromatic heterocycles. The number of aromatic nitrogens is 1. The molecule has 0 atom stereocenters. The molecule has 0 bridgehead atoms. The number of amides is 1. The van der Waals surface area contributed by atoms with Crippen LogP contribution in [0.3, 0.4) is 0 Å². The number of rotatable bonds is 5. The van der Waals surface area contributed by atoms with Gasteiger partial charge in [-0.2, -0.15) is 0 Å². The van der Waals surface area contributed by atoms with E-state index in [9.17, 15) is 4.79 Å². The minimum Gasteiger partial charge on any atom is -0.496 e. The first-order chi connectivity index (χ1) is 8.29. The van der Waals surface area contributed by atoms with E-state index in [2.05, 4.69) is 10.3 Å². The van der Waals surface area contributed by atoms with Gasteiger partial charge in [0.1, 0.15) is 5.75 Å². The van der Waals surface area contributed by atoms with E-state index in [1.54, 1.807) is 27.2 Å². The zero-order valence-corrected chi connectivity index (χ0v) is 11.6. The lowest BCUT2D eigenvalue weighted by Crippen LogP contribution is -2.50. The SMILES string of the molecule is COc1c(C)cnc(CNC(C)(C)C(N)=O)c1C. The highest BCUT2D eigenvalue weighted by Crippen LogP contribution is 2.24. The summed E-state index contributed by atoms with van der Waals surface area (Å²) in [6.07, 6.45) is 1.76. The van der Waals surface area contributed by atoms with Gasteiger partial charge in [-0.15, -0.1) is 0 Å². The molecule has 0 fully saturated rings. The van der Waals surface area contributed by atoms with Crippen molar-refractivity contribution in [3.63, 3.8) is 0 Å². The number of aryl methyl sites for hydroxylation is 1. The topological polar surface area (TPSA) is 77.2 Å². The fourth-order valence-electron chi connectivity index (χ4n) is 1.64. The van der Waals surface area contributed by atoms with Crippen LogP contribution in [-0.2, 0) is 11.3 Å². The van der Waals surface area contributed by atoms with Crippen molar-refractivity contribution in [1.29, 1.82) is 0 Å². The molecule has 0 spiro atoms. The third kappa shape index (κ3) is 2.98. The fourth-order valence-corrected chi connectivity index (χ4v) is 1.64. The summed E-state index contributed by atoms with van der Waals surface area (Å²) in [5, 5.41) is 3.09. The molecule has 100 valence electrons. The maximum atomic E-state index is 11.2. The number of nitrogens with two attached hydrogens (primary N) is 1. The van der Waals surface area contributed by atoms with Crippen LogP contribution in [0.4, 0.5) is 0 Å². The van der Waals surface area contributed by atoms with Gasteiger partial charge in [-0.05, 0) is 27.7 Å². The first-order valence-corrected chi connectivity index (χ1v) is 5.83. The van der Waals surface area contributed by atoms with Crippen LogP contribution in [0.5, 0.6) is 5.75 Å². The molecule has 1 heterocycles. The number of nitrogens with zero attached hydrogens (tertiary/aromatic N) is 1. The maximum Gasteiger partial charge on any atom is 0.237 e. The van der Waals surface area contributed by atoms with E-state index in [-0.39, 0.29) is 5.91 Å². The lowest BCUT2D eigenvalue weighted by molar-refractivity contribution is -0.123. The first kappa shape index (κ1) is 14.4. The van der Waals surface area contributed by atoms with E-state index < -0.39 is 5.54 Å². The molecule has 18 heavy (non-hydrogen) atoms. The Balaban J connectivity index is 2.90. The van der Waals surface area contributed by atoms with Crippen molar-refractivity contribution in [1.82, 2.24) is 10.3 Å². The summed E-state index contributed by atoms with van der Waals surface area (Å²) >= 11 is 0. The minimum atomic E-state index is -0.758. The molecule has 5 heteroatoms. The van der Waals surface area contributed by atoms with Gasteiger partial charge in [0.05, 0.1) is 18.3 Å². The normalized spacial score (nSPS) is 11.4. The second kappa shape index (κ2) is 5.35. The Morgan fingerprint density at radius 3 is 2.61 bits per heavy atom. The Hall–Kier alpha value is -1.62. The molecule has 1 amide bonds. The largest absolute Gasteiger partial charge is 0.496 e. The molecule has 5 nitrogen and oxygen atoms in total. The number of primary amides is 1. The second-order valence-corrected chi connectivity index (χ2v) is 4.89. The standard InChI is InChI=1S/C13H21N3O2/c1-8-6-15-10(9(2)11(8)18-5)7-16-13(3,4)12(14)17/h6,16H,7H2,1-5H3,(H2,14,17). The molecular formula is C13H21N3O2. The molecule has 3 N–H and O–H groups in total. The number of carbonyl (C=O) groups is 1. The van der Waals surface area contributed by atoms with Crippen molar-refractivity contribution in [3.8, 4) is 5.75 Å². The van der Waals surface area contributed by atoms with E-state index in [4.69, 9.17) is 10.5 Å². The Morgan fingerprint density at radius 1 is 1.50 bits per heavy atom. The summed E-state index contributed by atoms with van der Waals surface area (Å²) in [6.45, 7) is 7.86. The molecule has 0 saturated heterocycles. The van der Waals surface area contributed by atoms with E-state index in [0.717, 1.165) is 22.6 Å². The molecule has 0 saturated carbocycles. The number of ether oxygens (including phenoxy) is 1. The molecule has 0 aliphatic carbocycles. The van der Waals surface area contributed by atoms with Crippen molar-refractivity contribution >= 4 is 5.91 Å². The van der Waals surface area contributed by atoms with Gasteiger partial charge >= 0.3 is 0 Å². The summed E-state index contributed by atoms with van der Waals surface area (Å²) < 4.78 is 5.34. The summed E-state index contributed by atoms with van der Waals surface area (Å²) in [5.74, 6) is 0.443. The van der Waals surface area contributed by atoms with E-state index >= 15 is 0 Å². The van der Waals surface area contributed by atoms with E-state index in [0.29, 0.717) is 6.54 Å². The van der Waals surface area contributed by atoms with Crippen molar-refractivity contribution in [2.45, 2.75) is 39.8 Å². The summed E-state index contributed by atoms with van der Waals surface area (Å²) in [6, 6.07) is 0. The molecule has 1 aromatic rings. The van der Waals surface area contributed by atoms with Crippen molar-refractivity contribution in [2.75, 3.05) is 7.11 Å². The quantitative estimate of drug-likeness (QED) is 0.820. The van der Waals surface area contributed by atoms with Gasteiger partial charge in [-0.25, -0.2) is 0 Å². The smallest absolute Gasteiger partial charge is 0.237 e. The fraction of sp³-hybridized carbons (Fsp3) is 0.538. The highest BCUT2D eigenvalue weighted by atomic mass is 16.5. The predicted octanol–water partition coefficient (Wildman–Crippen LogP) is 1.06. The van der Waals surface area contributed by atoms with E-state index in [1.807, 2.05) is 13.8 Å². The maximum absolute atomic E-state index is 11.2. The summed E-state index contributed by atoms with van der Waals surface area (Å²) in [5.41, 5.74) is 7.37. The minimum absolute atomic E-state index is 0.390. The van der Waals surface area contributed by atoms with Gasteiger partial charge in [0, 0.05) is 23.9 Å². The number of methoxy groups -OCH3 is 1. The Kier molecular flexibility index (Phi) is 4.29. The summed E-state index contributed by atoms with van der Waals surface area (Å²) in [7, 11) is 1.64. The molecule has 0 aliphatic rings. The van der Waals surface area contributed by atoms with Crippen molar-refractivity contribution in [3.05, 3.63) is 23.0 Å². The van der Waals surface area contributed by atoms with Gasteiger partial charge in [-0.1, -0.05) is 0 Å². The van der Waals surface area contributed by atoms with Crippen LogP contribution in [0.25, 0.3) is 0 Å². The van der Waals surface area contributed by atoms with Gasteiger partial charge in [-0.3, -0.25) is 15.1 Å². The molecule has 0 aromatic carbocycles. The number of hydrogen-bond donors (Lipinski definition) is 2. The van der Waals surface area contributed by atoms with E-state index in [1.165, 1.54) is 0 Å². The second-order valence-electron chi connectivity index (χ2n) is 4.89. The van der Waals surface area contributed by atoms with Gasteiger partial charge in [0.15, 0.2) is 0 Å². The third-order valence-electron chi connectivity index (χ3n) is 3.06. The number of nitrogens with one attached hydrogen (secondary N) is 1. The average molecular weight is 251 g/mol. The molecular weight excluding hydrogens is 230 g/mol. The number of hydrogen-bond acceptors (Lipinski definition) is 4. The Morgan fingerprint density at radius 2 is 2.11 bits per heavy atom. The lowest BCUT2D eigenvalue weighted by Gasteiger charge is -2.23. The van der Waals surface area contributed by atoms with Crippen LogP contribution >= 0.6 is 0 Å². The van der Waals surface area contributed by atoms with Crippen molar-refractivity contribution in [2.24, 2.45) is 5.73 Å². The van der Waals surface area contributed by atoms with Gasteiger partial charge < -0.3 is 10.5 Å². The van der Waals surface area contributed by atoms with Crippen LogP contribution in [0.2, 0.25) is 0 Å². The zero-order valence-electron chi connectivity index (χ0n) is 11.6. The van der Waals surface area contributed by atoms with Crippen LogP contribution in [-0.4, -0.2) is 23.5 Å². The van der Waals surface area contributed by atoms with Crippen LogP contribution in [0.1, 0.15) is 30.7 Å². The van der Waals surface area contributed by atoms with Gasteiger partial charge in [0.25, 0.3) is 0 Å². The molecule has 0 unspecified atom stereocenters. The predicted molar refractivity (Wildman–Crippen MR) is 70.4 cm³/mol. The Bertz CT molecular complexity index is 456. The average Bonchev–Trinajstić information content (AvgIpc) is 2.28. The summed E-state index contributed by atoms with van der Waals surface area (Å²) in [4.78, 5) is 15.6. The number of pyridine rings is 1. The molecule has 0 aliphatic heterocycles. The van der Waals surface area contributed by atoms with Crippen LogP contribution in [0.15, 0.2) is 6.20 Å². The highest BCUT2D eigenvalue weighted by molar-refractivity contribution is 5.83.